The molecule has 2 rings (SSSR count). The first-order chi connectivity index (χ1) is 14.0. The third kappa shape index (κ3) is 5.23. The largest absolute Gasteiger partial charge is 0.496 e. The SMILES string of the molecule is C=C(C)CCCC(=C1C(=O)OC(C)(C)OC1=O)c1cc(OC)c(C(C)C)c(OC)c1. The van der Waals surface area contributed by atoms with E-state index in [4.69, 9.17) is 18.9 Å². The van der Waals surface area contributed by atoms with Crippen LogP contribution in [0.1, 0.15) is 70.9 Å². The van der Waals surface area contributed by atoms with Crippen LogP contribution < -0.4 is 9.47 Å². The number of esters is 2. The van der Waals surface area contributed by atoms with Crippen molar-refractivity contribution in [2.45, 2.75) is 65.6 Å². The van der Waals surface area contributed by atoms with Crippen LogP contribution in [-0.4, -0.2) is 31.9 Å². The molecular formula is C24H32O6. The van der Waals surface area contributed by atoms with E-state index in [-0.39, 0.29) is 11.5 Å². The third-order valence-electron chi connectivity index (χ3n) is 4.89. The molecule has 0 unspecified atom stereocenters. The Kier molecular flexibility index (Phi) is 7.34. The van der Waals surface area contributed by atoms with Gasteiger partial charge in [0.25, 0.3) is 5.79 Å². The van der Waals surface area contributed by atoms with Gasteiger partial charge >= 0.3 is 11.9 Å². The predicted octanol–water partition coefficient (Wildman–Crippen LogP) is 5.16. The number of rotatable bonds is 8. The van der Waals surface area contributed by atoms with Crippen LogP contribution in [0.5, 0.6) is 11.5 Å². The molecule has 1 aromatic carbocycles. The van der Waals surface area contributed by atoms with Gasteiger partial charge in [-0.05, 0) is 55.4 Å². The molecule has 0 atom stereocenters. The first-order valence-corrected chi connectivity index (χ1v) is 10.1. The Morgan fingerprint density at radius 1 is 1.03 bits per heavy atom. The first-order valence-electron chi connectivity index (χ1n) is 10.1. The quantitative estimate of drug-likeness (QED) is 0.252. The van der Waals surface area contributed by atoms with Gasteiger partial charge < -0.3 is 18.9 Å². The van der Waals surface area contributed by atoms with Crippen molar-refractivity contribution in [2.24, 2.45) is 0 Å². The second kappa shape index (κ2) is 9.37. The summed E-state index contributed by atoms with van der Waals surface area (Å²) in [6.45, 7) is 13.0. The van der Waals surface area contributed by atoms with Gasteiger partial charge in [0.1, 0.15) is 17.1 Å². The zero-order valence-corrected chi connectivity index (χ0v) is 19.0. The summed E-state index contributed by atoms with van der Waals surface area (Å²) in [5.74, 6) is -1.24. The summed E-state index contributed by atoms with van der Waals surface area (Å²) in [5, 5.41) is 0. The van der Waals surface area contributed by atoms with Crippen molar-refractivity contribution in [1.29, 1.82) is 0 Å². The van der Waals surface area contributed by atoms with Crippen LogP contribution >= 0.6 is 0 Å². The van der Waals surface area contributed by atoms with Gasteiger partial charge in [0.2, 0.25) is 0 Å². The summed E-state index contributed by atoms with van der Waals surface area (Å²) in [6, 6.07) is 3.67. The van der Waals surface area contributed by atoms with Gasteiger partial charge in [0, 0.05) is 19.4 Å². The third-order valence-corrected chi connectivity index (χ3v) is 4.89. The molecule has 0 amide bonds. The number of methoxy groups -OCH3 is 2. The van der Waals surface area contributed by atoms with Gasteiger partial charge in [-0.2, -0.15) is 0 Å². The molecule has 6 nitrogen and oxygen atoms in total. The molecule has 1 aliphatic heterocycles. The van der Waals surface area contributed by atoms with Gasteiger partial charge in [-0.3, -0.25) is 0 Å². The van der Waals surface area contributed by atoms with E-state index in [9.17, 15) is 9.59 Å². The summed E-state index contributed by atoms with van der Waals surface area (Å²) in [5.41, 5.74) is 3.08. The Hall–Kier alpha value is -2.76. The average molecular weight is 417 g/mol. The Morgan fingerprint density at radius 2 is 1.53 bits per heavy atom. The van der Waals surface area contributed by atoms with E-state index in [0.717, 1.165) is 17.6 Å². The Bertz CT molecular complexity index is 829. The van der Waals surface area contributed by atoms with Crippen LogP contribution in [0.15, 0.2) is 29.9 Å². The van der Waals surface area contributed by atoms with E-state index in [0.29, 0.717) is 35.5 Å². The molecule has 0 bridgehead atoms. The van der Waals surface area contributed by atoms with Crippen LogP contribution in [0.2, 0.25) is 0 Å². The second-order valence-corrected chi connectivity index (χ2v) is 8.29. The minimum atomic E-state index is -1.29. The van der Waals surface area contributed by atoms with E-state index in [1.165, 1.54) is 13.8 Å². The van der Waals surface area contributed by atoms with E-state index in [1.807, 2.05) is 32.9 Å². The molecule has 0 spiro atoms. The van der Waals surface area contributed by atoms with Crippen LogP contribution in [0, 0.1) is 0 Å². The highest BCUT2D eigenvalue weighted by Crippen LogP contribution is 2.41. The molecule has 1 fully saturated rings. The molecule has 30 heavy (non-hydrogen) atoms. The lowest BCUT2D eigenvalue weighted by molar-refractivity contribution is -0.222. The van der Waals surface area contributed by atoms with Crippen LogP contribution in [0.3, 0.4) is 0 Å². The second-order valence-electron chi connectivity index (χ2n) is 8.29. The van der Waals surface area contributed by atoms with Gasteiger partial charge in [-0.25, -0.2) is 9.59 Å². The number of hydrogen-bond donors (Lipinski definition) is 0. The lowest BCUT2D eigenvalue weighted by Gasteiger charge is -2.31. The molecule has 0 saturated carbocycles. The van der Waals surface area contributed by atoms with E-state index < -0.39 is 17.7 Å². The molecule has 0 aliphatic carbocycles. The fourth-order valence-corrected chi connectivity index (χ4v) is 3.56. The lowest BCUT2D eigenvalue weighted by Crippen LogP contribution is -2.42. The van der Waals surface area contributed by atoms with Crippen molar-refractivity contribution < 1.29 is 28.5 Å². The molecular weight excluding hydrogens is 384 g/mol. The van der Waals surface area contributed by atoms with Crippen molar-refractivity contribution in [1.82, 2.24) is 0 Å². The normalized spacial score (nSPS) is 15.5. The van der Waals surface area contributed by atoms with Crippen LogP contribution in [0.4, 0.5) is 0 Å². The average Bonchev–Trinajstić information content (AvgIpc) is 2.63. The van der Waals surface area contributed by atoms with Gasteiger partial charge in [0.05, 0.1) is 14.2 Å². The molecule has 0 radical (unpaired) electrons. The summed E-state index contributed by atoms with van der Waals surface area (Å²) < 4.78 is 21.9. The van der Waals surface area contributed by atoms with E-state index >= 15 is 0 Å². The summed E-state index contributed by atoms with van der Waals surface area (Å²) in [4.78, 5) is 25.5. The van der Waals surface area contributed by atoms with Gasteiger partial charge in [-0.15, -0.1) is 6.58 Å². The number of cyclic esters (lactones) is 2. The van der Waals surface area contributed by atoms with Crippen molar-refractivity contribution in [2.75, 3.05) is 14.2 Å². The first kappa shape index (κ1) is 23.5. The molecule has 0 N–H and O–H groups in total. The highest BCUT2D eigenvalue weighted by atomic mass is 16.7. The van der Waals surface area contributed by atoms with Gasteiger partial charge in [0.15, 0.2) is 0 Å². The molecule has 1 aromatic rings. The zero-order chi connectivity index (χ0) is 22.6. The number of hydrogen-bond acceptors (Lipinski definition) is 6. The van der Waals surface area contributed by atoms with Crippen LogP contribution in [-0.2, 0) is 19.1 Å². The van der Waals surface area contributed by atoms with E-state index in [1.54, 1.807) is 14.2 Å². The maximum absolute atomic E-state index is 12.8. The number of carbonyl (C=O) groups excluding carboxylic acids is 2. The lowest BCUT2D eigenvalue weighted by atomic mass is 9.90. The molecule has 1 heterocycles. The number of benzene rings is 1. The molecule has 6 heteroatoms. The number of ether oxygens (including phenoxy) is 4. The fraction of sp³-hybridized carbons (Fsp3) is 0.500. The maximum Gasteiger partial charge on any atom is 0.349 e. The summed E-state index contributed by atoms with van der Waals surface area (Å²) in [7, 11) is 3.17. The minimum Gasteiger partial charge on any atom is -0.496 e. The van der Waals surface area contributed by atoms with Crippen molar-refractivity contribution in [3.05, 3.63) is 41.0 Å². The highest BCUT2D eigenvalue weighted by molar-refractivity contribution is 6.21. The zero-order valence-electron chi connectivity index (χ0n) is 19.0. The summed E-state index contributed by atoms with van der Waals surface area (Å²) >= 11 is 0. The number of carbonyl (C=O) groups is 2. The van der Waals surface area contributed by atoms with E-state index in [2.05, 4.69) is 6.58 Å². The Morgan fingerprint density at radius 3 is 1.93 bits per heavy atom. The smallest absolute Gasteiger partial charge is 0.349 e. The fourth-order valence-electron chi connectivity index (χ4n) is 3.56. The van der Waals surface area contributed by atoms with Crippen molar-refractivity contribution in [3.63, 3.8) is 0 Å². The van der Waals surface area contributed by atoms with Crippen LogP contribution in [0.25, 0.3) is 5.57 Å². The van der Waals surface area contributed by atoms with Gasteiger partial charge in [-0.1, -0.05) is 19.4 Å². The number of allylic oxidation sites excluding steroid dienone is 2. The molecule has 0 aromatic heterocycles. The Balaban J connectivity index is 2.68. The van der Waals surface area contributed by atoms with Crippen molar-refractivity contribution >= 4 is 17.5 Å². The maximum atomic E-state index is 12.8. The summed E-state index contributed by atoms with van der Waals surface area (Å²) in [6.07, 6.45) is 1.96. The monoisotopic (exact) mass is 416 g/mol. The Labute approximate surface area is 178 Å². The molecule has 164 valence electrons. The minimum absolute atomic E-state index is 0.0857. The van der Waals surface area contributed by atoms with Crippen molar-refractivity contribution in [3.8, 4) is 11.5 Å². The molecule has 1 saturated heterocycles. The topological polar surface area (TPSA) is 71.1 Å². The predicted molar refractivity (Wildman–Crippen MR) is 115 cm³/mol. The standard InChI is InChI=1S/C24H32O6/c1-14(2)10-9-11-17(21-22(25)29-24(5,6)30-23(21)26)16-12-18(27-7)20(15(3)4)19(13-16)28-8/h12-13,15H,1,9-11H2,2-8H3. The molecule has 1 aliphatic rings. The highest BCUT2D eigenvalue weighted by Gasteiger charge is 2.41.